The highest BCUT2D eigenvalue weighted by atomic mass is 16.5. The van der Waals surface area contributed by atoms with E-state index in [0.29, 0.717) is 18.0 Å². The molecule has 0 radical (unpaired) electrons. The minimum absolute atomic E-state index is 0.201. The Morgan fingerprint density at radius 2 is 2.15 bits per heavy atom. The molecular formula is C19H23N3O4. The Kier molecular flexibility index (Phi) is 5.88. The van der Waals surface area contributed by atoms with Gasteiger partial charge in [-0.15, -0.1) is 0 Å². The first-order valence-electron chi connectivity index (χ1n) is 8.85. The van der Waals surface area contributed by atoms with Crippen LogP contribution in [0.3, 0.4) is 0 Å². The summed E-state index contributed by atoms with van der Waals surface area (Å²) in [7, 11) is 0. The maximum Gasteiger partial charge on any atom is 0.255 e. The van der Waals surface area contributed by atoms with Crippen molar-refractivity contribution in [2.75, 3.05) is 0 Å². The second-order valence-electron chi connectivity index (χ2n) is 6.42. The van der Waals surface area contributed by atoms with E-state index in [4.69, 9.17) is 9.15 Å². The Bertz CT molecular complexity index is 739. The van der Waals surface area contributed by atoms with Crippen molar-refractivity contribution in [3.63, 3.8) is 0 Å². The van der Waals surface area contributed by atoms with Crippen LogP contribution in [0.4, 0.5) is 0 Å². The average Bonchev–Trinajstić information content (AvgIpc) is 3.34. The first-order valence-corrected chi connectivity index (χ1v) is 8.85. The van der Waals surface area contributed by atoms with Gasteiger partial charge in [-0.1, -0.05) is 6.07 Å². The molecule has 2 aromatic rings. The lowest BCUT2D eigenvalue weighted by Gasteiger charge is -2.17. The van der Waals surface area contributed by atoms with Gasteiger partial charge in [0, 0.05) is 18.3 Å². The Hall–Kier alpha value is -2.83. The van der Waals surface area contributed by atoms with Gasteiger partial charge in [0.2, 0.25) is 11.8 Å². The highest BCUT2D eigenvalue weighted by Gasteiger charge is 2.20. The van der Waals surface area contributed by atoms with Crippen molar-refractivity contribution >= 4 is 11.8 Å². The lowest BCUT2D eigenvalue weighted by atomic mass is 10.2. The molecule has 7 nitrogen and oxygen atoms in total. The van der Waals surface area contributed by atoms with E-state index in [9.17, 15) is 9.59 Å². The highest BCUT2D eigenvalue weighted by Crippen LogP contribution is 2.24. The van der Waals surface area contributed by atoms with Crippen molar-refractivity contribution in [1.82, 2.24) is 15.6 Å². The molecule has 3 rings (SSSR count). The number of amides is 2. The second-order valence-corrected chi connectivity index (χ2v) is 6.42. The highest BCUT2D eigenvalue weighted by molar-refractivity contribution is 5.97. The van der Waals surface area contributed by atoms with E-state index in [0.717, 1.165) is 18.4 Å². The van der Waals surface area contributed by atoms with Gasteiger partial charge in [-0.3, -0.25) is 9.59 Å². The van der Waals surface area contributed by atoms with Crippen LogP contribution >= 0.6 is 0 Å². The fourth-order valence-corrected chi connectivity index (χ4v) is 2.90. The number of hydrogen-bond acceptors (Lipinski definition) is 5. The average molecular weight is 357 g/mol. The molecule has 1 aliphatic carbocycles. The summed E-state index contributed by atoms with van der Waals surface area (Å²) in [5, 5.41) is 5.45. The Morgan fingerprint density at radius 1 is 1.35 bits per heavy atom. The summed E-state index contributed by atoms with van der Waals surface area (Å²) in [6, 6.07) is 4.56. The molecule has 2 amide bonds. The topological polar surface area (TPSA) is 93.5 Å². The maximum atomic E-state index is 12.3. The summed E-state index contributed by atoms with van der Waals surface area (Å²) in [4.78, 5) is 28.5. The zero-order chi connectivity index (χ0) is 18.4. The number of aromatic nitrogens is 1. The number of furan rings is 1. The summed E-state index contributed by atoms with van der Waals surface area (Å²) < 4.78 is 10.8. The van der Waals surface area contributed by atoms with Crippen molar-refractivity contribution in [3.8, 4) is 5.88 Å². The molecule has 1 atom stereocenters. The molecule has 0 spiro atoms. The molecule has 0 aliphatic heterocycles. The molecule has 1 fully saturated rings. The van der Waals surface area contributed by atoms with Gasteiger partial charge in [0.1, 0.15) is 18.4 Å². The summed E-state index contributed by atoms with van der Waals surface area (Å²) in [6.07, 6.45) is 9.07. The molecule has 2 aromatic heterocycles. The number of nitrogens with zero attached hydrogens (tertiary/aromatic N) is 1. The molecule has 26 heavy (non-hydrogen) atoms. The van der Waals surface area contributed by atoms with Gasteiger partial charge in [0.15, 0.2) is 0 Å². The van der Waals surface area contributed by atoms with Gasteiger partial charge >= 0.3 is 0 Å². The number of carbonyl (C=O) groups is 2. The van der Waals surface area contributed by atoms with Crippen LogP contribution in [0.15, 0.2) is 41.3 Å². The molecular weight excluding hydrogens is 334 g/mol. The van der Waals surface area contributed by atoms with Crippen molar-refractivity contribution in [2.45, 2.75) is 51.3 Å². The van der Waals surface area contributed by atoms with E-state index < -0.39 is 6.04 Å². The van der Waals surface area contributed by atoms with Gasteiger partial charge in [0.25, 0.3) is 5.91 Å². The minimum Gasteiger partial charge on any atom is -0.474 e. The number of pyridine rings is 1. The van der Waals surface area contributed by atoms with Crippen LogP contribution in [0.1, 0.15) is 48.5 Å². The zero-order valence-electron chi connectivity index (χ0n) is 14.7. The SMILES string of the molecule is C[C@@H](NC(=O)c1ccoc1)C(=O)NCc1cccnc1OC1CCCC1. The van der Waals surface area contributed by atoms with Gasteiger partial charge in [-0.2, -0.15) is 0 Å². The van der Waals surface area contributed by atoms with Gasteiger partial charge in [-0.05, 0) is 44.7 Å². The van der Waals surface area contributed by atoms with Gasteiger partial charge in [0.05, 0.1) is 11.8 Å². The monoisotopic (exact) mass is 357 g/mol. The van der Waals surface area contributed by atoms with Gasteiger partial charge < -0.3 is 19.8 Å². The number of hydrogen-bond donors (Lipinski definition) is 2. The lowest BCUT2D eigenvalue weighted by Crippen LogP contribution is -2.44. The van der Waals surface area contributed by atoms with Crippen molar-refractivity contribution in [1.29, 1.82) is 0 Å². The summed E-state index contributed by atoms with van der Waals surface area (Å²) >= 11 is 0. The largest absolute Gasteiger partial charge is 0.474 e. The predicted octanol–water partition coefficient (Wildman–Crippen LogP) is 2.43. The Morgan fingerprint density at radius 3 is 2.88 bits per heavy atom. The van der Waals surface area contributed by atoms with Crippen LogP contribution in [-0.4, -0.2) is 28.9 Å². The van der Waals surface area contributed by atoms with Crippen LogP contribution in [0.2, 0.25) is 0 Å². The van der Waals surface area contributed by atoms with E-state index in [1.165, 1.54) is 25.4 Å². The third kappa shape index (κ3) is 4.62. The second kappa shape index (κ2) is 8.51. The van der Waals surface area contributed by atoms with Crippen molar-refractivity contribution < 1.29 is 18.7 Å². The number of nitrogens with one attached hydrogen (secondary N) is 2. The quantitative estimate of drug-likeness (QED) is 0.794. The van der Waals surface area contributed by atoms with Crippen LogP contribution in [-0.2, 0) is 11.3 Å². The van der Waals surface area contributed by atoms with E-state index in [1.807, 2.05) is 12.1 Å². The molecule has 2 heterocycles. The van der Waals surface area contributed by atoms with E-state index in [1.54, 1.807) is 19.2 Å². The van der Waals surface area contributed by atoms with Crippen LogP contribution < -0.4 is 15.4 Å². The van der Waals surface area contributed by atoms with Gasteiger partial charge in [-0.25, -0.2) is 4.98 Å². The Balaban J connectivity index is 1.53. The maximum absolute atomic E-state index is 12.3. The van der Waals surface area contributed by atoms with Crippen LogP contribution in [0.25, 0.3) is 0 Å². The standard InChI is InChI=1S/C19H23N3O4/c1-13(22-18(24)15-8-10-25-12-15)17(23)21-11-14-5-4-9-20-19(14)26-16-6-2-3-7-16/h4-5,8-10,12-13,16H,2-3,6-7,11H2,1H3,(H,21,23)(H,22,24)/t13-/m1/s1. The molecule has 0 aromatic carbocycles. The normalized spacial score (nSPS) is 15.4. The molecule has 0 saturated heterocycles. The van der Waals surface area contributed by atoms with Crippen molar-refractivity contribution in [3.05, 3.63) is 48.0 Å². The molecule has 138 valence electrons. The first-order chi connectivity index (χ1) is 12.6. The third-order valence-corrected chi connectivity index (χ3v) is 4.41. The fraction of sp³-hybridized carbons (Fsp3) is 0.421. The van der Waals surface area contributed by atoms with E-state index >= 15 is 0 Å². The van der Waals surface area contributed by atoms with Crippen LogP contribution in [0, 0.1) is 0 Å². The van der Waals surface area contributed by atoms with E-state index in [2.05, 4.69) is 15.6 Å². The third-order valence-electron chi connectivity index (χ3n) is 4.41. The van der Waals surface area contributed by atoms with E-state index in [-0.39, 0.29) is 17.9 Å². The fourth-order valence-electron chi connectivity index (χ4n) is 2.90. The molecule has 0 unspecified atom stereocenters. The molecule has 1 aliphatic rings. The predicted molar refractivity (Wildman–Crippen MR) is 94.6 cm³/mol. The number of ether oxygens (including phenoxy) is 1. The summed E-state index contributed by atoms with van der Waals surface area (Å²) in [6.45, 7) is 1.92. The molecule has 0 bridgehead atoms. The smallest absolute Gasteiger partial charge is 0.255 e. The minimum atomic E-state index is -0.673. The zero-order valence-corrected chi connectivity index (χ0v) is 14.7. The number of rotatable bonds is 7. The summed E-state index contributed by atoms with van der Waals surface area (Å²) in [5.41, 5.74) is 1.20. The molecule has 2 N–H and O–H groups in total. The molecule has 1 saturated carbocycles. The first kappa shape index (κ1) is 18.0. The Labute approximate surface area is 152 Å². The van der Waals surface area contributed by atoms with Crippen LogP contribution in [0.5, 0.6) is 5.88 Å². The number of carbonyl (C=O) groups excluding carboxylic acids is 2. The lowest BCUT2D eigenvalue weighted by molar-refractivity contribution is -0.122. The molecule has 7 heteroatoms. The van der Waals surface area contributed by atoms with Crippen molar-refractivity contribution in [2.24, 2.45) is 0 Å². The summed E-state index contributed by atoms with van der Waals surface area (Å²) in [5.74, 6) is -0.0691.